The largest absolute Gasteiger partial charge is 0.298 e. The number of carbonyl (C=O) groups is 1. The van der Waals surface area contributed by atoms with Crippen molar-refractivity contribution in [2.24, 2.45) is 0 Å². The van der Waals surface area contributed by atoms with Gasteiger partial charge < -0.3 is 0 Å². The second-order valence-electron chi connectivity index (χ2n) is 6.93. The average Bonchev–Trinajstić information content (AvgIpc) is 2.62. The highest BCUT2D eigenvalue weighted by Gasteiger charge is 2.14. The first kappa shape index (κ1) is 20.3. The SMILES string of the molecule is C/C=C(C)/C(=C\c1cc(P)cc(C)c1C)c1c(C)cc(C=O)cc1CC. The summed E-state index contributed by atoms with van der Waals surface area (Å²) in [6, 6.07) is 8.43. The van der Waals surface area contributed by atoms with Crippen LogP contribution in [0.5, 0.6) is 0 Å². The second kappa shape index (κ2) is 8.60. The average molecular weight is 364 g/mol. The van der Waals surface area contributed by atoms with Gasteiger partial charge in [-0.3, -0.25) is 4.79 Å². The van der Waals surface area contributed by atoms with Crippen LogP contribution in [0.25, 0.3) is 11.6 Å². The summed E-state index contributed by atoms with van der Waals surface area (Å²) in [5.41, 5.74) is 10.7. The maximum Gasteiger partial charge on any atom is 0.150 e. The topological polar surface area (TPSA) is 17.1 Å². The minimum Gasteiger partial charge on any atom is -0.298 e. The first-order valence-electron chi connectivity index (χ1n) is 9.13. The molecule has 1 atom stereocenters. The van der Waals surface area contributed by atoms with Gasteiger partial charge in [0.1, 0.15) is 6.29 Å². The van der Waals surface area contributed by atoms with Crippen LogP contribution in [0.4, 0.5) is 0 Å². The fraction of sp³-hybridized carbons (Fsp3) is 0.292. The van der Waals surface area contributed by atoms with Crippen LogP contribution in [0.3, 0.4) is 0 Å². The summed E-state index contributed by atoms with van der Waals surface area (Å²) in [7, 11) is 2.80. The molecular weight excluding hydrogens is 335 g/mol. The molecule has 0 saturated carbocycles. The molecule has 0 radical (unpaired) electrons. The molecule has 0 bridgehead atoms. The molecule has 136 valence electrons. The summed E-state index contributed by atoms with van der Waals surface area (Å²) < 4.78 is 0. The highest BCUT2D eigenvalue weighted by Crippen LogP contribution is 2.33. The zero-order chi connectivity index (χ0) is 19.4. The van der Waals surface area contributed by atoms with Gasteiger partial charge in [0.15, 0.2) is 0 Å². The lowest BCUT2D eigenvalue weighted by atomic mass is 9.86. The molecule has 0 heterocycles. The van der Waals surface area contributed by atoms with Crippen molar-refractivity contribution >= 4 is 32.5 Å². The Morgan fingerprint density at radius 2 is 1.77 bits per heavy atom. The zero-order valence-electron chi connectivity index (χ0n) is 16.7. The van der Waals surface area contributed by atoms with E-state index in [9.17, 15) is 4.79 Å². The van der Waals surface area contributed by atoms with Crippen molar-refractivity contribution in [2.75, 3.05) is 0 Å². The van der Waals surface area contributed by atoms with E-state index in [1.165, 1.54) is 44.3 Å². The first-order chi connectivity index (χ1) is 12.3. The Bertz CT molecular complexity index is 901. The van der Waals surface area contributed by atoms with Crippen molar-refractivity contribution in [3.8, 4) is 0 Å². The molecule has 2 rings (SSSR count). The Morgan fingerprint density at radius 3 is 2.35 bits per heavy atom. The Balaban J connectivity index is 2.82. The predicted octanol–water partition coefficient (Wildman–Crippen LogP) is 5.99. The molecule has 0 aliphatic carbocycles. The molecule has 1 nitrogen and oxygen atoms in total. The Kier molecular flexibility index (Phi) is 6.73. The zero-order valence-corrected chi connectivity index (χ0v) is 17.9. The van der Waals surface area contributed by atoms with E-state index in [4.69, 9.17) is 0 Å². The fourth-order valence-corrected chi connectivity index (χ4v) is 3.81. The van der Waals surface area contributed by atoms with E-state index in [0.717, 1.165) is 23.8 Å². The Hall–Kier alpha value is -1.98. The highest BCUT2D eigenvalue weighted by molar-refractivity contribution is 7.27. The van der Waals surface area contributed by atoms with Crippen LogP contribution in [0.1, 0.15) is 64.5 Å². The van der Waals surface area contributed by atoms with E-state index in [2.05, 4.69) is 75.1 Å². The summed E-state index contributed by atoms with van der Waals surface area (Å²) >= 11 is 0. The van der Waals surface area contributed by atoms with E-state index < -0.39 is 0 Å². The van der Waals surface area contributed by atoms with Gasteiger partial charge in [-0.1, -0.05) is 19.1 Å². The third-order valence-corrected chi connectivity index (χ3v) is 5.45. The first-order valence-corrected chi connectivity index (χ1v) is 9.70. The number of carbonyl (C=O) groups excluding carboxylic acids is 1. The summed E-state index contributed by atoms with van der Waals surface area (Å²) in [4.78, 5) is 11.3. The van der Waals surface area contributed by atoms with Crippen LogP contribution < -0.4 is 5.30 Å². The Morgan fingerprint density at radius 1 is 1.08 bits per heavy atom. The Labute approximate surface area is 160 Å². The molecular formula is C24H29OP. The monoisotopic (exact) mass is 364 g/mol. The summed E-state index contributed by atoms with van der Waals surface area (Å²) in [5, 5.41) is 1.19. The van der Waals surface area contributed by atoms with E-state index in [1.807, 2.05) is 12.1 Å². The van der Waals surface area contributed by atoms with E-state index in [-0.39, 0.29) is 0 Å². The molecule has 1 unspecified atom stereocenters. The lowest BCUT2D eigenvalue weighted by Gasteiger charge is -2.18. The summed E-state index contributed by atoms with van der Waals surface area (Å²) in [5.74, 6) is 0. The molecule has 0 fully saturated rings. The molecule has 0 aromatic heterocycles. The van der Waals surface area contributed by atoms with E-state index in [1.54, 1.807) is 0 Å². The van der Waals surface area contributed by atoms with Gasteiger partial charge in [0.2, 0.25) is 0 Å². The molecule has 0 amide bonds. The predicted molar refractivity (Wildman–Crippen MR) is 119 cm³/mol. The van der Waals surface area contributed by atoms with Gasteiger partial charge in [0.05, 0.1) is 0 Å². The maximum absolute atomic E-state index is 11.3. The van der Waals surface area contributed by atoms with Gasteiger partial charge in [-0.2, -0.15) is 0 Å². The lowest BCUT2D eigenvalue weighted by molar-refractivity contribution is 0.112. The van der Waals surface area contributed by atoms with Crippen molar-refractivity contribution in [2.45, 2.75) is 48.0 Å². The minimum atomic E-state index is 0.750. The standard InChI is InChI=1S/C24H29OP/c1-7-15(3)23(13-21-12-22(26)10-16(4)18(21)6)24-17(5)9-19(14-25)11-20(24)8-2/h7,9-14H,8,26H2,1-6H3/b15-7+,23-13+. The molecule has 0 saturated heterocycles. The number of rotatable bonds is 5. The lowest BCUT2D eigenvalue weighted by Crippen LogP contribution is -2.02. The van der Waals surface area contributed by atoms with E-state index >= 15 is 0 Å². The molecule has 2 heteroatoms. The van der Waals surface area contributed by atoms with Crippen LogP contribution in [0.15, 0.2) is 35.9 Å². The molecule has 0 N–H and O–H groups in total. The number of benzene rings is 2. The van der Waals surface area contributed by atoms with Crippen molar-refractivity contribution in [1.29, 1.82) is 0 Å². The van der Waals surface area contributed by atoms with Crippen molar-refractivity contribution in [3.63, 3.8) is 0 Å². The van der Waals surface area contributed by atoms with Crippen LogP contribution in [0, 0.1) is 20.8 Å². The van der Waals surface area contributed by atoms with Crippen molar-refractivity contribution < 1.29 is 4.79 Å². The quantitative estimate of drug-likeness (QED) is 0.275. The molecule has 2 aromatic rings. The summed E-state index contributed by atoms with van der Waals surface area (Å²) in [6.07, 6.45) is 6.29. The highest BCUT2D eigenvalue weighted by atomic mass is 31.0. The number of hydrogen-bond donors (Lipinski definition) is 0. The number of hydrogen-bond acceptors (Lipinski definition) is 1. The van der Waals surface area contributed by atoms with Crippen LogP contribution >= 0.6 is 9.24 Å². The number of aldehydes is 1. The number of aryl methyl sites for hydroxylation is 3. The minimum absolute atomic E-state index is 0.750. The normalized spacial score (nSPS) is 12.4. The molecule has 0 aliphatic rings. The van der Waals surface area contributed by atoms with Gasteiger partial charge in [-0.25, -0.2) is 0 Å². The maximum atomic E-state index is 11.3. The molecule has 2 aromatic carbocycles. The van der Waals surface area contributed by atoms with Gasteiger partial charge in [-0.05, 0) is 115 Å². The van der Waals surface area contributed by atoms with Gasteiger partial charge >= 0.3 is 0 Å². The fourth-order valence-electron chi connectivity index (χ4n) is 3.38. The van der Waals surface area contributed by atoms with Crippen molar-refractivity contribution in [1.82, 2.24) is 0 Å². The van der Waals surface area contributed by atoms with Gasteiger partial charge in [0, 0.05) is 5.56 Å². The molecule has 26 heavy (non-hydrogen) atoms. The van der Waals surface area contributed by atoms with Crippen LogP contribution in [-0.2, 0) is 6.42 Å². The van der Waals surface area contributed by atoms with Crippen molar-refractivity contribution in [3.05, 3.63) is 74.9 Å². The molecule has 0 spiro atoms. The summed E-state index contributed by atoms with van der Waals surface area (Å²) in [6.45, 7) is 12.8. The third kappa shape index (κ3) is 4.22. The van der Waals surface area contributed by atoms with Gasteiger partial charge in [0.25, 0.3) is 0 Å². The molecule has 0 aliphatic heterocycles. The number of allylic oxidation sites excluding steroid dienone is 3. The van der Waals surface area contributed by atoms with E-state index in [0.29, 0.717) is 0 Å². The van der Waals surface area contributed by atoms with Crippen LogP contribution in [-0.4, -0.2) is 6.29 Å². The third-order valence-electron chi connectivity index (χ3n) is 5.11. The van der Waals surface area contributed by atoms with Crippen LogP contribution in [0.2, 0.25) is 0 Å². The smallest absolute Gasteiger partial charge is 0.150 e. The van der Waals surface area contributed by atoms with Gasteiger partial charge in [-0.15, -0.1) is 9.24 Å². The second-order valence-corrected chi connectivity index (χ2v) is 7.59.